The molecule has 2 heterocycles. The van der Waals surface area contributed by atoms with Crippen LogP contribution >= 0.6 is 11.6 Å². The number of piperazine rings is 1. The van der Waals surface area contributed by atoms with Crippen LogP contribution in [0.2, 0.25) is 5.02 Å². The van der Waals surface area contributed by atoms with Gasteiger partial charge in [-0.3, -0.25) is 14.0 Å². The van der Waals surface area contributed by atoms with E-state index in [2.05, 4.69) is 4.90 Å². The summed E-state index contributed by atoms with van der Waals surface area (Å²) in [5.74, 6) is -1.47. The summed E-state index contributed by atoms with van der Waals surface area (Å²) >= 11 is 5.85. The highest BCUT2D eigenvalue weighted by Crippen LogP contribution is 2.32. The molecule has 1 atom stereocenters. The minimum atomic E-state index is -4.09. The van der Waals surface area contributed by atoms with Gasteiger partial charge in [0.1, 0.15) is 11.6 Å². The third-order valence-electron chi connectivity index (χ3n) is 6.42. The van der Waals surface area contributed by atoms with E-state index in [-0.39, 0.29) is 17.2 Å². The van der Waals surface area contributed by atoms with Crippen molar-refractivity contribution >= 4 is 33.7 Å². The van der Waals surface area contributed by atoms with Gasteiger partial charge in [0, 0.05) is 50.4 Å². The molecule has 1 N–H and O–H groups in total. The van der Waals surface area contributed by atoms with Crippen molar-refractivity contribution in [3.63, 3.8) is 0 Å². The van der Waals surface area contributed by atoms with Gasteiger partial charge in [0.05, 0.1) is 23.2 Å². The Morgan fingerprint density at radius 3 is 2.35 bits per heavy atom. The molecule has 0 aromatic heterocycles. The molecule has 2 aromatic rings. The van der Waals surface area contributed by atoms with Crippen molar-refractivity contribution in [2.75, 3.05) is 63.8 Å². The number of hydrogen-bond donors (Lipinski definition) is 1. The summed E-state index contributed by atoms with van der Waals surface area (Å²) in [6.07, 6.45) is 2.22. The number of piperidine rings is 1. The normalized spacial score (nSPS) is 19.2. The molecule has 2 saturated heterocycles. The van der Waals surface area contributed by atoms with Crippen LogP contribution in [0.25, 0.3) is 0 Å². The first-order chi connectivity index (χ1) is 17.6. The second-order valence-corrected chi connectivity index (χ2v) is 11.4. The standard InChI is InChI=1S/C18H19ClF2N2O2S.C7H14N2O2/c1-22-10-2-3-15(12-22)23(18-11-14(20)6-9-17(18)21)26(24,25)16-7-4-13(19)5-8-16;10-6-5-8-1-3-9(7-11)4-2-8/h4-9,11,15H,2-3,10,12H2,1H3;7,10H,1-6H2. The average Bonchev–Trinajstić information content (AvgIpc) is 2.87. The molecular formula is C25H33ClF2N4O4S. The summed E-state index contributed by atoms with van der Waals surface area (Å²) in [7, 11) is -2.22. The Balaban J connectivity index is 0.000000289. The Bertz CT molecular complexity index is 1130. The van der Waals surface area contributed by atoms with Crippen molar-refractivity contribution in [2.24, 2.45) is 0 Å². The van der Waals surface area contributed by atoms with Gasteiger partial charge in [0.15, 0.2) is 0 Å². The number of amides is 1. The zero-order valence-corrected chi connectivity index (χ0v) is 22.3. The quantitative estimate of drug-likeness (QED) is 0.526. The van der Waals surface area contributed by atoms with Crippen LogP contribution in [0.3, 0.4) is 0 Å². The highest BCUT2D eigenvalue weighted by atomic mass is 35.5. The Kier molecular flexibility index (Phi) is 10.7. The minimum absolute atomic E-state index is 0.0150. The second kappa shape index (κ2) is 13.5. The van der Waals surface area contributed by atoms with E-state index in [0.717, 1.165) is 74.6 Å². The van der Waals surface area contributed by atoms with E-state index >= 15 is 0 Å². The lowest BCUT2D eigenvalue weighted by molar-refractivity contribution is -0.119. The molecule has 2 aliphatic heterocycles. The first-order valence-corrected chi connectivity index (χ1v) is 13.9. The fourth-order valence-corrected chi connectivity index (χ4v) is 6.26. The molecule has 2 aliphatic rings. The zero-order valence-electron chi connectivity index (χ0n) is 20.8. The molecular weight excluding hydrogens is 526 g/mol. The molecule has 0 saturated carbocycles. The van der Waals surface area contributed by atoms with Gasteiger partial charge in [-0.25, -0.2) is 17.2 Å². The van der Waals surface area contributed by atoms with E-state index in [0.29, 0.717) is 18.0 Å². The van der Waals surface area contributed by atoms with Crippen molar-refractivity contribution in [1.82, 2.24) is 14.7 Å². The fraction of sp³-hybridized carbons (Fsp3) is 0.480. The number of halogens is 3. The molecule has 37 heavy (non-hydrogen) atoms. The largest absolute Gasteiger partial charge is 0.395 e. The van der Waals surface area contributed by atoms with Crippen LogP contribution < -0.4 is 4.31 Å². The Hall–Kier alpha value is -2.31. The van der Waals surface area contributed by atoms with Crippen LogP contribution in [0.1, 0.15) is 12.8 Å². The van der Waals surface area contributed by atoms with E-state index in [4.69, 9.17) is 16.7 Å². The molecule has 2 fully saturated rings. The molecule has 1 unspecified atom stereocenters. The number of likely N-dealkylation sites (tertiary alicyclic amines) is 1. The lowest BCUT2D eigenvalue weighted by atomic mass is 10.1. The van der Waals surface area contributed by atoms with Crippen molar-refractivity contribution < 1.29 is 27.1 Å². The predicted octanol–water partition coefficient (Wildman–Crippen LogP) is 2.66. The number of sulfonamides is 1. The lowest BCUT2D eigenvalue weighted by Crippen LogP contribution is -2.49. The monoisotopic (exact) mass is 558 g/mol. The lowest BCUT2D eigenvalue weighted by Gasteiger charge is -2.38. The fourth-order valence-electron chi connectivity index (χ4n) is 4.46. The van der Waals surface area contributed by atoms with Gasteiger partial charge in [-0.05, 0) is 62.8 Å². The number of benzene rings is 2. The molecule has 204 valence electrons. The first-order valence-electron chi connectivity index (χ1n) is 12.1. The number of carbonyl (C=O) groups is 1. The maximum Gasteiger partial charge on any atom is 0.264 e. The number of carbonyl (C=O) groups excluding carboxylic acids is 1. The Morgan fingerprint density at radius 1 is 1.08 bits per heavy atom. The summed E-state index contributed by atoms with van der Waals surface area (Å²) in [5, 5.41) is 9.01. The molecule has 2 aromatic carbocycles. The molecule has 8 nitrogen and oxygen atoms in total. The van der Waals surface area contributed by atoms with E-state index in [1.165, 1.54) is 24.3 Å². The summed E-state index contributed by atoms with van der Waals surface area (Å²) in [5.41, 5.74) is -0.278. The first kappa shape index (κ1) is 29.2. The summed E-state index contributed by atoms with van der Waals surface area (Å²) < 4.78 is 55.8. The Morgan fingerprint density at radius 2 is 1.76 bits per heavy atom. The van der Waals surface area contributed by atoms with Gasteiger partial charge in [-0.1, -0.05) is 11.6 Å². The molecule has 0 bridgehead atoms. The average molecular weight is 559 g/mol. The molecule has 0 spiro atoms. The highest BCUT2D eigenvalue weighted by molar-refractivity contribution is 7.92. The number of rotatable bonds is 7. The summed E-state index contributed by atoms with van der Waals surface area (Å²) in [4.78, 5) is 16.2. The smallest absolute Gasteiger partial charge is 0.264 e. The number of nitrogens with zero attached hydrogens (tertiary/aromatic N) is 4. The van der Waals surface area contributed by atoms with Gasteiger partial charge in [-0.15, -0.1) is 0 Å². The van der Waals surface area contributed by atoms with Gasteiger partial charge in [0.25, 0.3) is 10.0 Å². The number of anilines is 1. The van der Waals surface area contributed by atoms with Crippen molar-refractivity contribution in [3.05, 3.63) is 59.1 Å². The van der Waals surface area contributed by atoms with E-state index in [9.17, 15) is 22.0 Å². The van der Waals surface area contributed by atoms with E-state index in [1.807, 2.05) is 11.9 Å². The number of aliphatic hydroxyl groups is 1. The van der Waals surface area contributed by atoms with Crippen LogP contribution in [0.4, 0.5) is 14.5 Å². The third-order valence-corrected chi connectivity index (χ3v) is 8.55. The highest BCUT2D eigenvalue weighted by Gasteiger charge is 2.35. The van der Waals surface area contributed by atoms with Crippen LogP contribution in [0, 0.1) is 11.6 Å². The van der Waals surface area contributed by atoms with Gasteiger partial charge in [0.2, 0.25) is 6.41 Å². The maximum atomic E-state index is 14.5. The Labute approximate surface area is 222 Å². The maximum absolute atomic E-state index is 14.5. The van der Waals surface area contributed by atoms with Crippen molar-refractivity contribution in [2.45, 2.75) is 23.8 Å². The van der Waals surface area contributed by atoms with Crippen LogP contribution in [-0.2, 0) is 14.8 Å². The van der Waals surface area contributed by atoms with Crippen LogP contribution in [-0.4, -0.2) is 100 Å². The number of likely N-dealkylation sites (N-methyl/N-ethyl adjacent to an activating group) is 1. The molecule has 12 heteroatoms. The van der Waals surface area contributed by atoms with Gasteiger partial charge in [-0.2, -0.15) is 0 Å². The molecule has 1 amide bonds. The second-order valence-electron chi connectivity index (χ2n) is 9.12. The van der Waals surface area contributed by atoms with Crippen LogP contribution in [0.15, 0.2) is 47.4 Å². The summed E-state index contributed by atoms with van der Waals surface area (Å²) in [6, 6.07) is 8.01. The zero-order chi connectivity index (χ0) is 27.0. The topological polar surface area (TPSA) is 84.4 Å². The number of β-amino-alcohol motifs (C(OH)–C–C–N with tert-alkyl or cyclic N) is 1. The molecule has 0 aliphatic carbocycles. The van der Waals surface area contributed by atoms with Gasteiger partial charge < -0.3 is 14.9 Å². The minimum Gasteiger partial charge on any atom is -0.395 e. The molecule has 4 rings (SSSR count). The van der Waals surface area contributed by atoms with Gasteiger partial charge >= 0.3 is 0 Å². The van der Waals surface area contributed by atoms with Crippen molar-refractivity contribution in [3.8, 4) is 0 Å². The number of hydrogen-bond acceptors (Lipinski definition) is 6. The molecule has 0 radical (unpaired) electrons. The van der Waals surface area contributed by atoms with E-state index < -0.39 is 27.7 Å². The third kappa shape index (κ3) is 7.84. The van der Waals surface area contributed by atoms with Crippen molar-refractivity contribution in [1.29, 1.82) is 0 Å². The SMILES string of the molecule is CN1CCCC(N(c2cc(F)ccc2F)S(=O)(=O)c2ccc(Cl)cc2)C1.O=CN1CCN(CCO)CC1. The predicted molar refractivity (Wildman–Crippen MR) is 139 cm³/mol. The summed E-state index contributed by atoms with van der Waals surface area (Å²) in [6.45, 7) is 5.57. The van der Waals surface area contributed by atoms with Crippen LogP contribution in [0.5, 0.6) is 0 Å². The number of aliphatic hydroxyl groups excluding tert-OH is 1. The van der Waals surface area contributed by atoms with E-state index in [1.54, 1.807) is 4.90 Å².